The first-order valence-corrected chi connectivity index (χ1v) is 10.7. The van der Waals surface area contributed by atoms with Crippen molar-refractivity contribution in [1.29, 1.82) is 0 Å². The summed E-state index contributed by atoms with van der Waals surface area (Å²) in [7, 11) is 0. The molecule has 0 saturated carbocycles. The van der Waals surface area contributed by atoms with Gasteiger partial charge in [-0.05, 0) is 61.2 Å². The van der Waals surface area contributed by atoms with E-state index < -0.39 is 5.92 Å². The Balaban J connectivity index is 1.70. The smallest absolute Gasteiger partial charge is 0.265 e. The molecule has 0 fully saturated rings. The highest BCUT2D eigenvalue weighted by Crippen LogP contribution is 2.33. The highest BCUT2D eigenvalue weighted by molar-refractivity contribution is 7.10. The molecule has 0 spiro atoms. The highest BCUT2D eigenvalue weighted by Gasteiger charge is 2.38. The Morgan fingerprint density at radius 3 is 2.57 bits per heavy atom. The van der Waals surface area contributed by atoms with Crippen LogP contribution in [0.25, 0.3) is 0 Å². The van der Waals surface area contributed by atoms with Crippen LogP contribution in [0.5, 0.6) is 5.75 Å². The van der Waals surface area contributed by atoms with Crippen molar-refractivity contribution in [3.63, 3.8) is 0 Å². The zero-order chi connectivity index (χ0) is 21.1. The number of aliphatic imine (C=N–C) groups is 1. The number of carbonyl (C=O) groups is 2. The van der Waals surface area contributed by atoms with Gasteiger partial charge in [0.1, 0.15) is 5.75 Å². The molecule has 0 saturated heterocycles. The zero-order valence-corrected chi connectivity index (χ0v) is 17.6. The molecule has 152 valence electrons. The second-order valence-electron chi connectivity index (χ2n) is 6.96. The molecule has 0 N–H and O–H groups in total. The first-order chi connectivity index (χ1) is 14.6. The van der Waals surface area contributed by atoms with E-state index in [9.17, 15) is 9.59 Å². The maximum absolute atomic E-state index is 13.4. The minimum absolute atomic E-state index is 0.0542. The van der Waals surface area contributed by atoms with Crippen LogP contribution in [0.2, 0.25) is 0 Å². The van der Waals surface area contributed by atoms with Crippen molar-refractivity contribution >= 4 is 35.1 Å². The van der Waals surface area contributed by atoms with Gasteiger partial charge in [0.25, 0.3) is 5.91 Å². The van der Waals surface area contributed by atoms with Crippen molar-refractivity contribution in [3.8, 4) is 5.75 Å². The minimum Gasteiger partial charge on any atom is -0.494 e. The van der Waals surface area contributed by atoms with E-state index in [0.717, 1.165) is 4.88 Å². The third-order valence-electron chi connectivity index (χ3n) is 5.04. The van der Waals surface area contributed by atoms with Crippen LogP contribution in [0.4, 0.5) is 5.69 Å². The van der Waals surface area contributed by atoms with Crippen LogP contribution in [-0.2, 0) is 4.79 Å². The summed E-state index contributed by atoms with van der Waals surface area (Å²) in [6.45, 7) is 4.45. The second kappa shape index (κ2) is 8.63. The van der Waals surface area contributed by atoms with Crippen molar-refractivity contribution in [1.82, 2.24) is 0 Å². The molecule has 0 aliphatic carbocycles. The summed E-state index contributed by atoms with van der Waals surface area (Å²) in [4.78, 5) is 33.5. The van der Waals surface area contributed by atoms with Gasteiger partial charge in [-0.1, -0.05) is 24.3 Å². The van der Waals surface area contributed by atoms with E-state index in [0.29, 0.717) is 29.2 Å². The largest absolute Gasteiger partial charge is 0.494 e. The number of nitrogens with zero attached hydrogens (tertiary/aromatic N) is 2. The number of imide groups is 1. The van der Waals surface area contributed by atoms with Crippen LogP contribution < -0.4 is 9.64 Å². The Labute approximate surface area is 179 Å². The summed E-state index contributed by atoms with van der Waals surface area (Å²) in [5, 5.41) is 2.01. The van der Waals surface area contributed by atoms with E-state index in [1.54, 1.807) is 47.9 Å². The lowest BCUT2D eigenvalue weighted by Gasteiger charge is -2.31. The maximum atomic E-state index is 13.4. The normalized spacial score (nSPS) is 17.3. The van der Waals surface area contributed by atoms with Gasteiger partial charge in [0.2, 0.25) is 5.91 Å². The van der Waals surface area contributed by atoms with E-state index in [-0.39, 0.29) is 17.9 Å². The Hall–Kier alpha value is -3.25. The molecule has 2 heterocycles. The molecular weight excluding hydrogens is 396 g/mol. The molecule has 0 bridgehead atoms. The number of thiophene rings is 1. The van der Waals surface area contributed by atoms with E-state index in [1.165, 1.54) is 4.90 Å². The minimum atomic E-state index is -0.618. The molecule has 3 aromatic rings. The lowest BCUT2D eigenvalue weighted by molar-refractivity contribution is -0.118. The predicted molar refractivity (Wildman–Crippen MR) is 120 cm³/mol. The third-order valence-corrected chi connectivity index (χ3v) is 6.08. The maximum Gasteiger partial charge on any atom is 0.265 e. The summed E-state index contributed by atoms with van der Waals surface area (Å²) in [6, 6.07) is 18.2. The molecule has 2 aromatic carbocycles. The number of rotatable bonds is 6. The van der Waals surface area contributed by atoms with Crippen LogP contribution in [0.15, 0.2) is 71.0 Å². The van der Waals surface area contributed by atoms with Crippen LogP contribution in [0, 0.1) is 0 Å². The Bertz CT molecular complexity index is 1070. The van der Waals surface area contributed by atoms with Crippen molar-refractivity contribution in [2.75, 3.05) is 11.5 Å². The molecule has 1 aliphatic heterocycles. The molecule has 1 aromatic heterocycles. The van der Waals surface area contributed by atoms with Crippen LogP contribution >= 0.6 is 11.3 Å². The first kappa shape index (κ1) is 20.0. The van der Waals surface area contributed by atoms with Crippen LogP contribution in [-0.4, -0.2) is 24.6 Å². The molecule has 1 aliphatic rings. The topological polar surface area (TPSA) is 59.0 Å². The van der Waals surface area contributed by atoms with Crippen molar-refractivity contribution < 1.29 is 14.3 Å². The van der Waals surface area contributed by atoms with Crippen molar-refractivity contribution in [2.45, 2.75) is 25.8 Å². The van der Waals surface area contributed by atoms with Crippen molar-refractivity contribution in [2.24, 2.45) is 4.99 Å². The second-order valence-corrected chi connectivity index (χ2v) is 7.94. The van der Waals surface area contributed by atoms with E-state index >= 15 is 0 Å². The lowest BCUT2D eigenvalue weighted by atomic mass is 9.89. The molecule has 0 radical (unpaired) electrons. The van der Waals surface area contributed by atoms with Crippen LogP contribution in [0.3, 0.4) is 0 Å². The van der Waals surface area contributed by atoms with E-state index in [2.05, 4.69) is 4.99 Å². The number of fused-ring (bicyclic) bond motifs is 1. The quantitative estimate of drug-likeness (QED) is 0.406. The van der Waals surface area contributed by atoms with Gasteiger partial charge in [-0.15, -0.1) is 11.3 Å². The van der Waals surface area contributed by atoms with Gasteiger partial charge in [0, 0.05) is 16.7 Å². The SMILES string of the molecule is CCOc1ccc(N2C(=O)c3ccccc3[C@@H](C=N[C@@H](C)c3cccs3)C2=O)cc1. The average Bonchev–Trinajstić information content (AvgIpc) is 3.30. The summed E-state index contributed by atoms with van der Waals surface area (Å²) in [5.74, 6) is -0.546. The number of hydrogen-bond donors (Lipinski definition) is 0. The molecule has 0 unspecified atom stereocenters. The van der Waals surface area contributed by atoms with E-state index in [4.69, 9.17) is 4.74 Å². The third kappa shape index (κ3) is 3.78. The molecule has 2 amide bonds. The Morgan fingerprint density at radius 2 is 1.87 bits per heavy atom. The summed E-state index contributed by atoms with van der Waals surface area (Å²) < 4.78 is 5.47. The Morgan fingerprint density at radius 1 is 1.10 bits per heavy atom. The fourth-order valence-electron chi connectivity index (χ4n) is 3.52. The molecule has 2 atom stereocenters. The monoisotopic (exact) mass is 418 g/mol. The van der Waals surface area contributed by atoms with Gasteiger partial charge in [0.15, 0.2) is 0 Å². The van der Waals surface area contributed by atoms with Gasteiger partial charge in [0.05, 0.1) is 24.3 Å². The highest BCUT2D eigenvalue weighted by atomic mass is 32.1. The van der Waals surface area contributed by atoms with Gasteiger partial charge < -0.3 is 4.74 Å². The standard InChI is InChI=1S/C24H22N2O3S/c1-3-29-18-12-10-17(11-13-18)26-23(27)20-8-5-4-7-19(20)21(24(26)28)15-25-16(2)22-9-6-14-30-22/h4-16,21H,3H2,1-2H3/t16-,21+/m0/s1. The average molecular weight is 419 g/mol. The fraction of sp³-hybridized carbons (Fsp3) is 0.208. The lowest BCUT2D eigenvalue weighted by Crippen LogP contribution is -2.45. The number of benzene rings is 2. The Kier molecular flexibility index (Phi) is 5.77. The number of ether oxygens (including phenoxy) is 1. The van der Waals surface area contributed by atoms with Gasteiger partial charge in [-0.2, -0.15) is 0 Å². The summed E-state index contributed by atoms with van der Waals surface area (Å²) in [6.07, 6.45) is 1.68. The number of carbonyl (C=O) groups excluding carboxylic acids is 2. The fourth-order valence-corrected chi connectivity index (χ4v) is 4.25. The summed E-state index contributed by atoms with van der Waals surface area (Å²) >= 11 is 1.63. The van der Waals surface area contributed by atoms with E-state index in [1.807, 2.05) is 49.6 Å². The molecule has 4 rings (SSSR count). The first-order valence-electron chi connectivity index (χ1n) is 9.87. The zero-order valence-electron chi connectivity index (χ0n) is 16.8. The molecular formula is C24H22N2O3S. The number of amides is 2. The van der Waals surface area contributed by atoms with Crippen LogP contribution in [0.1, 0.15) is 46.6 Å². The number of anilines is 1. The van der Waals surface area contributed by atoms with Gasteiger partial charge in [-0.3, -0.25) is 14.6 Å². The predicted octanol–water partition coefficient (Wildman–Crippen LogP) is 5.25. The summed E-state index contributed by atoms with van der Waals surface area (Å²) in [5.41, 5.74) is 1.73. The number of hydrogen-bond acceptors (Lipinski definition) is 5. The molecule has 6 heteroatoms. The molecule has 5 nitrogen and oxygen atoms in total. The van der Waals surface area contributed by atoms with Gasteiger partial charge in [-0.25, -0.2) is 4.90 Å². The van der Waals surface area contributed by atoms with Crippen molar-refractivity contribution in [3.05, 3.63) is 82.0 Å². The van der Waals surface area contributed by atoms with Gasteiger partial charge >= 0.3 is 0 Å². The molecule has 30 heavy (non-hydrogen) atoms.